The molecule has 0 spiro atoms. The van der Waals surface area contributed by atoms with Crippen LogP contribution in [0, 0.1) is 5.82 Å². The molecule has 2 aromatic carbocycles. The van der Waals surface area contributed by atoms with Gasteiger partial charge in [0.15, 0.2) is 5.17 Å². The maximum atomic E-state index is 12.9. The molecule has 2 aliphatic heterocycles. The van der Waals surface area contributed by atoms with E-state index in [2.05, 4.69) is 9.71 Å². The molecule has 10 heteroatoms. The SMILES string of the molecule is O=C(NCCCSc1ccc(F)cc1)c1ccc2c(c1)SC1=NS(=O)(=O)CCN12. The van der Waals surface area contributed by atoms with Crippen LogP contribution in [-0.4, -0.2) is 44.1 Å². The first kappa shape index (κ1) is 20.2. The lowest BCUT2D eigenvalue weighted by molar-refractivity contribution is 0.0953. The van der Waals surface area contributed by atoms with Crippen LogP contribution in [0.2, 0.25) is 0 Å². The second-order valence-electron chi connectivity index (χ2n) is 6.51. The molecule has 0 fully saturated rings. The van der Waals surface area contributed by atoms with Gasteiger partial charge >= 0.3 is 0 Å². The van der Waals surface area contributed by atoms with Gasteiger partial charge in [-0.25, -0.2) is 12.8 Å². The summed E-state index contributed by atoms with van der Waals surface area (Å²) in [4.78, 5) is 16.1. The van der Waals surface area contributed by atoms with E-state index in [1.165, 1.54) is 23.9 Å². The van der Waals surface area contributed by atoms with E-state index in [-0.39, 0.29) is 17.5 Å². The summed E-state index contributed by atoms with van der Waals surface area (Å²) in [5.74, 6) is 0.391. The Kier molecular flexibility index (Phi) is 5.84. The minimum Gasteiger partial charge on any atom is -0.352 e. The van der Waals surface area contributed by atoms with Gasteiger partial charge in [0.05, 0.1) is 11.4 Å². The van der Waals surface area contributed by atoms with Gasteiger partial charge in [0, 0.05) is 28.4 Å². The van der Waals surface area contributed by atoms with Crippen molar-refractivity contribution in [2.75, 3.05) is 29.5 Å². The average Bonchev–Trinajstić information content (AvgIpc) is 3.04. The second-order valence-corrected chi connectivity index (χ2v) is 10.4. The molecule has 0 aliphatic carbocycles. The summed E-state index contributed by atoms with van der Waals surface area (Å²) in [7, 11) is -3.40. The highest BCUT2D eigenvalue weighted by molar-refractivity contribution is 8.15. The number of nitrogens with one attached hydrogen (secondary N) is 1. The number of carbonyl (C=O) groups is 1. The number of nitrogens with zero attached hydrogens (tertiary/aromatic N) is 2. The summed E-state index contributed by atoms with van der Waals surface area (Å²) < 4.78 is 40.1. The van der Waals surface area contributed by atoms with E-state index < -0.39 is 10.0 Å². The summed E-state index contributed by atoms with van der Waals surface area (Å²) in [5.41, 5.74) is 1.42. The van der Waals surface area contributed by atoms with Gasteiger partial charge in [-0.05, 0) is 66.4 Å². The summed E-state index contributed by atoms with van der Waals surface area (Å²) >= 11 is 2.89. The number of rotatable bonds is 6. The Morgan fingerprint density at radius 1 is 1.24 bits per heavy atom. The fourth-order valence-electron chi connectivity index (χ4n) is 2.97. The van der Waals surface area contributed by atoms with E-state index in [0.29, 0.717) is 23.8 Å². The minimum absolute atomic E-state index is 0.00529. The number of amides is 1. The predicted molar refractivity (Wildman–Crippen MR) is 115 cm³/mol. The zero-order valence-electron chi connectivity index (χ0n) is 15.3. The van der Waals surface area contributed by atoms with Crippen molar-refractivity contribution in [3.63, 3.8) is 0 Å². The van der Waals surface area contributed by atoms with Crippen LogP contribution in [0.1, 0.15) is 16.8 Å². The highest BCUT2D eigenvalue weighted by atomic mass is 32.2. The number of hydrogen-bond acceptors (Lipinski definition) is 6. The maximum Gasteiger partial charge on any atom is 0.257 e. The number of halogens is 1. The first-order valence-electron chi connectivity index (χ1n) is 9.00. The normalized spacial score (nSPS) is 16.7. The fraction of sp³-hybridized carbons (Fsp3) is 0.263. The fourth-order valence-corrected chi connectivity index (χ4v) is 6.12. The molecule has 2 aromatic rings. The zero-order chi connectivity index (χ0) is 20.4. The number of anilines is 1. The van der Waals surface area contributed by atoms with E-state index in [4.69, 9.17) is 0 Å². The standard InChI is InChI=1S/C19H18FN3O3S3/c20-14-3-5-15(6-4-14)27-10-1-8-21-18(24)13-2-7-16-17(12-13)28-19-22-29(25,26)11-9-23(16)19/h2-7,12H,1,8-11H2,(H,21,24). The number of amidine groups is 1. The third-order valence-electron chi connectivity index (χ3n) is 4.42. The maximum absolute atomic E-state index is 12.9. The molecule has 0 unspecified atom stereocenters. The highest BCUT2D eigenvalue weighted by Gasteiger charge is 2.33. The van der Waals surface area contributed by atoms with E-state index >= 15 is 0 Å². The molecule has 2 heterocycles. The quantitative estimate of drug-likeness (QED) is 0.536. The number of benzene rings is 2. The number of carbonyl (C=O) groups excluding carboxylic acids is 1. The first-order chi connectivity index (χ1) is 13.9. The lowest BCUT2D eigenvalue weighted by Gasteiger charge is -2.22. The summed E-state index contributed by atoms with van der Waals surface area (Å²) in [6, 6.07) is 11.7. The van der Waals surface area contributed by atoms with E-state index in [0.717, 1.165) is 27.7 Å². The van der Waals surface area contributed by atoms with Crippen molar-refractivity contribution in [2.24, 2.45) is 4.40 Å². The molecule has 1 N–H and O–H groups in total. The smallest absolute Gasteiger partial charge is 0.257 e. The van der Waals surface area contributed by atoms with E-state index in [9.17, 15) is 17.6 Å². The van der Waals surface area contributed by atoms with E-state index in [1.54, 1.807) is 36.0 Å². The van der Waals surface area contributed by atoms with Crippen molar-refractivity contribution in [2.45, 2.75) is 16.2 Å². The van der Waals surface area contributed by atoms with Gasteiger partial charge < -0.3 is 10.2 Å². The van der Waals surface area contributed by atoms with Crippen LogP contribution in [0.5, 0.6) is 0 Å². The van der Waals surface area contributed by atoms with Crippen LogP contribution in [0.25, 0.3) is 0 Å². The molecule has 4 rings (SSSR count). The molecule has 6 nitrogen and oxygen atoms in total. The van der Waals surface area contributed by atoms with Crippen LogP contribution in [-0.2, 0) is 10.0 Å². The Hall–Kier alpha value is -2.04. The second kappa shape index (κ2) is 8.37. The van der Waals surface area contributed by atoms with Crippen LogP contribution in [0.3, 0.4) is 0 Å². The van der Waals surface area contributed by atoms with Gasteiger partial charge in [0.25, 0.3) is 15.9 Å². The topological polar surface area (TPSA) is 78.8 Å². The molecule has 152 valence electrons. The monoisotopic (exact) mass is 451 g/mol. The molecule has 1 amide bonds. The summed E-state index contributed by atoms with van der Waals surface area (Å²) in [6.45, 7) is 0.909. The van der Waals surface area contributed by atoms with Crippen LogP contribution in [0.15, 0.2) is 56.7 Å². The van der Waals surface area contributed by atoms with Crippen molar-refractivity contribution in [3.05, 3.63) is 53.8 Å². The predicted octanol–water partition coefficient (Wildman–Crippen LogP) is 3.35. The van der Waals surface area contributed by atoms with Crippen molar-refractivity contribution in [1.29, 1.82) is 0 Å². The lowest BCUT2D eigenvalue weighted by Crippen LogP contribution is -2.35. The Morgan fingerprint density at radius 2 is 2.03 bits per heavy atom. The number of thioether (sulfide) groups is 2. The third kappa shape index (κ3) is 4.76. The van der Waals surface area contributed by atoms with Gasteiger partial charge in [-0.3, -0.25) is 4.79 Å². The largest absolute Gasteiger partial charge is 0.352 e. The average molecular weight is 452 g/mol. The molecule has 0 aromatic heterocycles. The number of sulfonamides is 1. The van der Waals surface area contributed by atoms with E-state index in [1.807, 2.05) is 11.0 Å². The van der Waals surface area contributed by atoms with Crippen molar-refractivity contribution < 1.29 is 17.6 Å². The molecule has 0 saturated heterocycles. The zero-order valence-corrected chi connectivity index (χ0v) is 17.7. The third-order valence-corrected chi connectivity index (χ3v) is 7.83. The molecule has 0 atom stereocenters. The molecular weight excluding hydrogens is 433 g/mol. The molecule has 0 radical (unpaired) electrons. The lowest BCUT2D eigenvalue weighted by atomic mass is 10.2. The van der Waals surface area contributed by atoms with Crippen LogP contribution < -0.4 is 10.2 Å². The molecule has 0 saturated carbocycles. The van der Waals surface area contributed by atoms with Gasteiger partial charge in [-0.1, -0.05) is 0 Å². The number of fused-ring (bicyclic) bond motifs is 3. The minimum atomic E-state index is -3.40. The Morgan fingerprint density at radius 3 is 2.83 bits per heavy atom. The summed E-state index contributed by atoms with van der Waals surface area (Å²) in [5, 5.41) is 3.35. The van der Waals surface area contributed by atoms with Crippen LogP contribution in [0.4, 0.5) is 10.1 Å². The highest BCUT2D eigenvalue weighted by Crippen LogP contribution is 2.42. The van der Waals surface area contributed by atoms with Gasteiger partial charge in [0.2, 0.25) is 0 Å². The molecule has 29 heavy (non-hydrogen) atoms. The van der Waals surface area contributed by atoms with Gasteiger partial charge in [0.1, 0.15) is 5.82 Å². The molecule has 0 bridgehead atoms. The molecule has 2 aliphatic rings. The van der Waals surface area contributed by atoms with Gasteiger partial charge in [-0.2, -0.15) is 0 Å². The number of hydrogen-bond donors (Lipinski definition) is 1. The van der Waals surface area contributed by atoms with Crippen molar-refractivity contribution in [3.8, 4) is 0 Å². The first-order valence-corrected chi connectivity index (χ1v) is 12.4. The van der Waals surface area contributed by atoms with Crippen molar-refractivity contribution in [1.82, 2.24) is 5.32 Å². The van der Waals surface area contributed by atoms with Crippen LogP contribution >= 0.6 is 23.5 Å². The van der Waals surface area contributed by atoms with Crippen molar-refractivity contribution >= 4 is 50.3 Å². The van der Waals surface area contributed by atoms with Gasteiger partial charge in [-0.15, -0.1) is 16.2 Å². The summed E-state index contributed by atoms with van der Waals surface area (Å²) in [6.07, 6.45) is 0.788. The Labute approximate surface area is 177 Å². The Balaban J connectivity index is 1.30. The Bertz CT molecular complexity index is 1070. The molecular formula is C19H18FN3O3S3.